The van der Waals surface area contributed by atoms with Gasteiger partial charge in [-0.25, -0.2) is 4.79 Å². The fourth-order valence-corrected chi connectivity index (χ4v) is 1.26. The van der Waals surface area contributed by atoms with Crippen molar-refractivity contribution >= 4 is 23.4 Å². The average molecular weight is 233 g/mol. The molecule has 0 spiro atoms. The Morgan fingerprint density at radius 2 is 2.06 bits per heavy atom. The molecule has 1 N–H and O–H groups in total. The summed E-state index contributed by atoms with van der Waals surface area (Å²) in [7, 11) is 0. The zero-order valence-electron chi connectivity index (χ0n) is 8.48. The molecule has 0 radical (unpaired) electrons. The van der Waals surface area contributed by atoms with Gasteiger partial charge in [0.2, 0.25) is 0 Å². The van der Waals surface area contributed by atoms with Crippen molar-refractivity contribution in [3.8, 4) is 0 Å². The number of thiazole rings is 1. The first kappa shape index (κ1) is 12.1. The van der Waals surface area contributed by atoms with Crippen molar-refractivity contribution in [2.45, 2.75) is 0 Å². The summed E-state index contributed by atoms with van der Waals surface area (Å²) in [4.78, 5) is 13.8. The summed E-state index contributed by atoms with van der Waals surface area (Å²) in [5.74, 6) is -0.922. The Hall–Kier alpha value is -1.94. The summed E-state index contributed by atoms with van der Waals surface area (Å²) in [6.45, 7) is 0. The van der Waals surface area contributed by atoms with Gasteiger partial charge in [0.05, 0.1) is 5.51 Å². The number of hydrogen-bond donors (Lipinski definition) is 1. The van der Waals surface area contributed by atoms with Gasteiger partial charge in [0.1, 0.15) is 0 Å². The third-order valence-electron chi connectivity index (χ3n) is 1.57. The minimum atomic E-state index is -0.922. The molecular weight excluding hydrogens is 222 g/mol. The third kappa shape index (κ3) is 5.72. The molecule has 0 saturated carbocycles. The van der Waals surface area contributed by atoms with Crippen LogP contribution in [0.4, 0.5) is 0 Å². The molecule has 1 aromatic heterocycles. The first-order valence-electron chi connectivity index (χ1n) is 4.57. The number of benzene rings is 1. The fourth-order valence-electron chi connectivity index (χ4n) is 0.907. The smallest absolute Gasteiger partial charge is 0.328 e. The van der Waals surface area contributed by atoms with E-state index in [0.717, 1.165) is 11.6 Å². The van der Waals surface area contributed by atoms with E-state index in [1.807, 2.05) is 35.7 Å². The number of carboxylic acid groups (broad SMARTS) is 1. The number of aliphatic carboxylic acids is 1. The maximum Gasteiger partial charge on any atom is 0.328 e. The molecule has 0 atom stereocenters. The average Bonchev–Trinajstić information content (AvgIpc) is 2.86. The molecule has 3 nitrogen and oxygen atoms in total. The van der Waals surface area contributed by atoms with E-state index in [0.29, 0.717) is 0 Å². The Kier molecular flexibility index (Phi) is 5.58. The minimum Gasteiger partial charge on any atom is -0.478 e. The number of hydrogen-bond acceptors (Lipinski definition) is 3. The highest BCUT2D eigenvalue weighted by Crippen LogP contribution is 1.99. The SMILES string of the molecule is O=C(O)C=Cc1ccccc1.c1cscn1. The molecule has 0 unspecified atom stereocenters. The molecule has 16 heavy (non-hydrogen) atoms. The van der Waals surface area contributed by atoms with Crippen molar-refractivity contribution in [1.82, 2.24) is 4.98 Å². The van der Waals surface area contributed by atoms with Crippen molar-refractivity contribution in [3.63, 3.8) is 0 Å². The van der Waals surface area contributed by atoms with E-state index >= 15 is 0 Å². The normalized spacial score (nSPS) is 9.50. The molecule has 2 aromatic rings. The molecule has 0 aliphatic heterocycles. The molecule has 4 heteroatoms. The standard InChI is InChI=1S/C9H8O2.C3H3NS/c10-9(11)7-6-8-4-2-1-3-5-8;1-2-5-3-4-1/h1-7H,(H,10,11);1-3H. The summed E-state index contributed by atoms with van der Waals surface area (Å²) in [6.07, 6.45) is 4.45. The summed E-state index contributed by atoms with van der Waals surface area (Å²) in [5.41, 5.74) is 2.69. The zero-order chi connectivity index (χ0) is 11.6. The first-order chi connectivity index (χ1) is 7.79. The molecule has 1 aromatic carbocycles. The van der Waals surface area contributed by atoms with Crippen molar-refractivity contribution in [3.05, 3.63) is 59.1 Å². The van der Waals surface area contributed by atoms with E-state index in [1.165, 1.54) is 0 Å². The molecule has 0 bridgehead atoms. The van der Waals surface area contributed by atoms with Crippen LogP contribution in [0.2, 0.25) is 0 Å². The Morgan fingerprint density at radius 1 is 1.31 bits per heavy atom. The highest BCUT2D eigenvalue weighted by Gasteiger charge is 1.85. The lowest BCUT2D eigenvalue weighted by Crippen LogP contribution is -1.85. The largest absolute Gasteiger partial charge is 0.478 e. The molecular formula is C12H11NO2S. The van der Waals surface area contributed by atoms with Gasteiger partial charge in [0, 0.05) is 17.7 Å². The van der Waals surface area contributed by atoms with Crippen molar-refractivity contribution < 1.29 is 9.90 Å². The molecule has 1 heterocycles. The van der Waals surface area contributed by atoms with Gasteiger partial charge in [0.15, 0.2) is 0 Å². The first-order valence-corrected chi connectivity index (χ1v) is 5.51. The van der Waals surface area contributed by atoms with Gasteiger partial charge in [-0.05, 0) is 11.6 Å². The molecule has 0 saturated heterocycles. The molecule has 0 aliphatic carbocycles. The van der Waals surface area contributed by atoms with Crippen molar-refractivity contribution in [1.29, 1.82) is 0 Å². The quantitative estimate of drug-likeness (QED) is 0.811. The van der Waals surface area contributed by atoms with E-state index in [4.69, 9.17) is 5.11 Å². The van der Waals surface area contributed by atoms with Gasteiger partial charge in [0.25, 0.3) is 0 Å². The lowest BCUT2D eigenvalue weighted by Gasteiger charge is -1.87. The highest BCUT2D eigenvalue weighted by molar-refractivity contribution is 7.07. The summed E-state index contributed by atoms with van der Waals surface area (Å²) in [5, 5.41) is 10.2. The lowest BCUT2D eigenvalue weighted by atomic mass is 10.2. The van der Waals surface area contributed by atoms with Crippen LogP contribution in [0.15, 0.2) is 53.5 Å². The Morgan fingerprint density at radius 3 is 2.50 bits per heavy atom. The Balaban J connectivity index is 0.000000212. The van der Waals surface area contributed by atoms with Crippen molar-refractivity contribution in [2.24, 2.45) is 0 Å². The number of carbonyl (C=O) groups is 1. The Bertz CT molecular complexity index is 406. The van der Waals surface area contributed by atoms with Crippen molar-refractivity contribution in [2.75, 3.05) is 0 Å². The summed E-state index contributed by atoms with van der Waals surface area (Å²) < 4.78 is 0. The molecule has 0 aliphatic rings. The van der Waals surface area contributed by atoms with Crippen LogP contribution in [0.1, 0.15) is 5.56 Å². The van der Waals surface area contributed by atoms with Crippen LogP contribution in [-0.2, 0) is 4.79 Å². The van der Waals surface area contributed by atoms with Crippen LogP contribution in [0, 0.1) is 0 Å². The van der Waals surface area contributed by atoms with Gasteiger partial charge < -0.3 is 5.11 Å². The third-order valence-corrected chi connectivity index (χ3v) is 2.09. The predicted molar refractivity (Wildman–Crippen MR) is 65.2 cm³/mol. The molecule has 0 fully saturated rings. The van der Waals surface area contributed by atoms with Gasteiger partial charge in [-0.15, -0.1) is 11.3 Å². The number of nitrogens with zero attached hydrogens (tertiary/aromatic N) is 1. The number of aromatic nitrogens is 1. The monoisotopic (exact) mass is 233 g/mol. The second-order valence-electron chi connectivity index (χ2n) is 2.76. The van der Waals surface area contributed by atoms with Crippen LogP contribution < -0.4 is 0 Å². The van der Waals surface area contributed by atoms with Crippen LogP contribution in [-0.4, -0.2) is 16.1 Å². The van der Waals surface area contributed by atoms with E-state index < -0.39 is 5.97 Å². The fraction of sp³-hybridized carbons (Fsp3) is 0. The maximum atomic E-state index is 10.1. The van der Waals surface area contributed by atoms with Gasteiger partial charge in [-0.2, -0.15) is 0 Å². The minimum absolute atomic E-state index is 0.898. The second-order valence-corrected chi connectivity index (χ2v) is 3.51. The van der Waals surface area contributed by atoms with Crippen LogP contribution in [0.5, 0.6) is 0 Å². The van der Waals surface area contributed by atoms with E-state index in [1.54, 1.807) is 29.1 Å². The van der Waals surface area contributed by atoms with Crippen LogP contribution in [0.3, 0.4) is 0 Å². The molecule has 82 valence electrons. The Labute approximate surface area is 97.7 Å². The van der Waals surface area contributed by atoms with Gasteiger partial charge in [-0.1, -0.05) is 30.3 Å². The zero-order valence-corrected chi connectivity index (χ0v) is 9.30. The summed E-state index contributed by atoms with van der Waals surface area (Å²) >= 11 is 1.60. The number of carboxylic acids is 1. The van der Waals surface area contributed by atoms with Crippen LogP contribution in [0.25, 0.3) is 6.08 Å². The van der Waals surface area contributed by atoms with E-state index in [9.17, 15) is 4.79 Å². The molecule has 0 amide bonds. The highest BCUT2D eigenvalue weighted by atomic mass is 32.1. The van der Waals surface area contributed by atoms with Crippen LogP contribution >= 0.6 is 11.3 Å². The lowest BCUT2D eigenvalue weighted by molar-refractivity contribution is -0.131. The number of rotatable bonds is 2. The predicted octanol–water partition coefficient (Wildman–Crippen LogP) is 2.93. The van der Waals surface area contributed by atoms with E-state index in [2.05, 4.69) is 4.98 Å². The van der Waals surface area contributed by atoms with Gasteiger partial charge in [-0.3, -0.25) is 4.98 Å². The summed E-state index contributed by atoms with van der Waals surface area (Å²) in [6, 6.07) is 9.31. The van der Waals surface area contributed by atoms with Gasteiger partial charge >= 0.3 is 5.97 Å². The topological polar surface area (TPSA) is 50.2 Å². The molecule has 2 rings (SSSR count). The second kappa shape index (κ2) is 7.36. The van der Waals surface area contributed by atoms with E-state index in [-0.39, 0.29) is 0 Å². The maximum absolute atomic E-state index is 10.1.